The molecule has 0 N–H and O–H groups in total. The number of thioether (sulfide) groups is 1. The van der Waals surface area contributed by atoms with Gasteiger partial charge in [-0.25, -0.2) is 9.07 Å². The monoisotopic (exact) mass is 552 g/mol. The van der Waals surface area contributed by atoms with Crippen molar-refractivity contribution in [3.63, 3.8) is 0 Å². The van der Waals surface area contributed by atoms with Crippen LogP contribution >= 0.6 is 11.8 Å². The second-order valence-electron chi connectivity index (χ2n) is 10.1. The third kappa shape index (κ3) is 5.72. The van der Waals surface area contributed by atoms with Gasteiger partial charge in [0.2, 0.25) is 0 Å². The summed E-state index contributed by atoms with van der Waals surface area (Å²) in [5.41, 5.74) is 3.86. The lowest BCUT2D eigenvalue weighted by atomic mass is 10.00. The largest absolute Gasteiger partial charge is 0.489 e. The number of amidine groups is 1. The van der Waals surface area contributed by atoms with Gasteiger partial charge in [-0.05, 0) is 79.1 Å². The zero-order valence-corrected chi connectivity index (χ0v) is 23.0. The van der Waals surface area contributed by atoms with Gasteiger partial charge < -0.3 is 9.64 Å². The van der Waals surface area contributed by atoms with Crippen LogP contribution in [0, 0.1) is 11.7 Å². The number of carbonyl (C=O) groups excluding carboxylic acids is 1. The van der Waals surface area contributed by atoms with E-state index in [1.165, 1.54) is 17.8 Å². The molecular weight excluding hydrogens is 523 g/mol. The van der Waals surface area contributed by atoms with Crippen LogP contribution < -0.4 is 4.74 Å². The highest BCUT2D eigenvalue weighted by atomic mass is 32.2. The lowest BCUT2D eigenvalue weighted by molar-refractivity contribution is -0.113. The summed E-state index contributed by atoms with van der Waals surface area (Å²) in [7, 11) is 0. The number of ether oxygens (including phenoxy) is 1. The lowest BCUT2D eigenvalue weighted by Gasteiger charge is -2.30. The highest BCUT2D eigenvalue weighted by Crippen LogP contribution is 2.35. The van der Waals surface area contributed by atoms with Gasteiger partial charge in [0.05, 0.1) is 16.3 Å². The van der Waals surface area contributed by atoms with Crippen molar-refractivity contribution in [1.82, 2.24) is 14.7 Å². The molecule has 0 spiro atoms. The van der Waals surface area contributed by atoms with Crippen molar-refractivity contribution in [3.05, 3.63) is 107 Å². The Balaban J connectivity index is 1.26. The Hall–Kier alpha value is -4.17. The Kier molecular flexibility index (Phi) is 7.51. The minimum Gasteiger partial charge on any atom is -0.489 e. The maximum absolute atomic E-state index is 14.0. The molecule has 0 bridgehead atoms. The zero-order valence-electron chi connectivity index (χ0n) is 22.2. The maximum atomic E-state index is 14.0. The van der Waals surface area contributed by atoms with Crippen LogP contribution in [0.15, 0.2) is 95.0 Å². The van der Waals surface area contributed by atoms with E-state index >= 15 is 0 Å². The number of halogens is 1. The topological polar surface area (TPSA) is 59.7 Å². The Bertz CT molecular complexity index is 1570. The third-order valence-corrected chi connectivity index (χ3v) is 8.24. The van der Waals surface area contributed by atoms with Crippen LogP contribution in [0.25, 0.3) is 23.0 Å². The Labute approximate surface area is 237 Å². The van der Waals surface area contributed by atoms with Crippen LogP contribution in [-0.2, 0) is 11.4 Å². The van der Waals surface area contributed by atoms with E-state index in [0.717, 1.165) is 53.6 Å². The van der Waals surface area contributed by atoms with Crippen molar-refractivity contribution in [3.8, 4) is 22.7 Å². The molecule has 1 fully saturated rings. The van der Waals surface area contributed by atoms with Crippen LogP contribution in [0.4, 0.5) is 4.39 Å². The normalized spacial score (nSPS) is 16.9. The summed E-state index contributed by atoms with van der Waals surface area (Å²) >= 11 is 1.44. The van der Waals surface area contributed by atoms with Gasteiger partial charge >= 0.3 is 0 Å². The number of carbonyl (C=O) groups is 1. The van der Waals surface area contributed by atoms with E-state index < -0.39 is 0 Å². The van der Waals surface area contributed by atoms with Crippen molar-refractivity contribution in [2.24, 2.45) is 10.9 Å². The van der Waals surface area contributed by atoms with E-state index in [1.807, 2.05) is 71.6 Å². The second-order valence-corrected chi connectivity index (χ2v) is 11.1. The van der Waals surface area contributed by atoms with E-state index in [9.17, 15) is 9.18 Å². The number of hydrogen-bond donors (Lipinski definition) is 0. The number of aliphatic imine (C=N–C) groups is 1. The summed E-state index contributed by atoms with van der Waals surface area (Å²) in [6.07, 6.45) is 6.05. The SMILES string of the molecule is CC1CCN(C2=NC(=O)C(=Cc3cn(-c4ccccc4)nc3-c3ccc(OCc4ccccc4F)cc3)S2)CC1. The number of likely N-dealkylation sites (tertiary alicyclic amines) is 1. The number of piperidine rings is 1. The summed E-state index contributed by atoms with van der Waals surface area (Å²) in [6.45, 7) is 4.26. The predicted molar refractivity (Wildman–Crippen MR) is 158 cm³/mol. The van der Waals surface area contributed by atoms with Crippen LogP contribution in [0.5, 0.6) is 5.75 Å². The molecule has 1 saturated heterocycles. The van der Waals surface area contributed by atoms with E-state index in [4.69, 9.17) is 9.84 Å². The minimum atomic E-state index is -0.287. The number of benzene rings is 3. The number of amides is 1. The fourth-order valence-electron chi connectivity index (χ4n) is 4.79. The van der Waals surface area contributed by atoms with Crippen LogP contribution in [0.2, 0.25) is 0 Å². The molecule has 1 aromatic heterocycles. The smallest absolute Gasteiger partial charge is 0.286 e. The van der Waals surface area contributed by atoms with Crippen molar-refractivity contribution in [2.75, 3.05) is 13.1 Å². The summed E-state index contributed by atoms with van der Waals surface area (Å²) in [5, 5.41) is 5.67. The number of nitrogens with zero attached hydrogens (tertiary/aromatic N) is 4. The fourth-order valence-corrected chi connectivity index (χ4v) is 5.75. The first-order valence-corrected chi connectivity index (χ1v) is 14.2. The van der Waals surface area contributed by atoms with Crippen LogP contribution in [0.3, 0.4) is 0 Å². The Morgan fingerprint density at radius 2 is 1.73 bits per heavy atom. The van der Waals surface area contributed by atoms with Gasteiger partial charge in [0.15, 0.2) is 5.17 Å². The first kappa shape index (κ1) is 26.1. The van der Waals surface area contributed by atoms with Gasteiger partial charge in [-0.2, -0.15) is 10.1 Å². The quantitative estimate of drug-likeness (QED) is 0.242. The first-order chi connectivity index (χ1) is 19.5. The molecule has 0 saturated carbocycles. The summed E-state index contributed by atoms with van der Waals surface area (Å²) < 4.78 is 21.6. The number of rotatable bonds is 6. The zero-order chi connectivity index (χ0) is 27.5. The second kappa shape index (κ2) is 11.5. The predicted octanol–water partition coefficient (Wildman–Crippen LogP) is 6.96. The average Bonchev–Trinajstić information content (AvgIpc) is 3.57. The molecule has 0 unspecified atom stereocenters. The molecule has 3 aromatic carbocycles. The van der Waals surface area contributed by atoms with Crippen LogP contribution in [-0.4, -0.2) is 38.8 Å². The van der Waals surface area contributed by atoms with Crippen molar-refractivity contribution >= 4 is 28.9 Å². The van der Waals surface area contributed by atoms with Crippen molar-refractivity contribution < 1.29 is 13.9 Å². The molecule has 2 aliphatic heterocycles. The molecule has 3 heterocycles. The highest BCUT2D eigenvalue weighted by molar-refractivity contribution is 8.18. The maximum Gasteiger partial charge on any atom is 0.286 e. The third-order valence-electron chi connectivity index (χ3n) is 7.19. The molecule has 202 valence electrons. The lowest BCUT2D eigenvalue weighted by Crippen LogP contribution is -2.35. The molecule has 0 aliphatic carbocycles. The van der Waals surface area contributed by atoms with Crippen molar-refractivity contribution in [1.29, 1.82) is 0 Å². The molecule has 4 aromatic rings. The fraction of sp³-hybridized carbons (Fsp3) is 0.219. The van der Waals surface area contributed by atoms with Crippen molar-refractivity contribution in [2.45, 2.75) is 26.4 Å². The average molecular weight is 553 g/mol. The highest BCUT2D eigenvalue weighted by Gasteiger charge is 2.28. The molecule has 6 rings (SSSR count). The first-order valence-electron chi connectivity index (χ1n) is 13.4. The molecule has 6 nitrogen and oxygen atoms in total. The molecule has 0 radical (unpaired) electrons. The summed E-state index contributed by atoms with van der Waals surface area (Å²) in [4.78, 5) is 20.1. The van der Waals surface area contributed by atoms with Gasteiger partial charge in [0.1, 0.15) is 18.2 Å². The van der Waals surface area contributed by atoms with Gasteiger partial charge in [-0.1, -0.05) is 43.3 Å². The molecule has 8 heteroatoms. The van der Waals surface area contributed by atoms with E-state index in [1.54, 1.807) is 18.2 Å². The van der Waals surface area contributed by atoms with Gasteiger partial charge in [-0.15, -0.1) is 0 Å². The Morgan fingerprint density at radius 3 is 2.48 bits per heavy atom. The summed E-state index contributed by atoms with van der Waals surface area (Å²) in [5.74, 6) is 0.833. The van der Waals surface area contributed by atoms with E-state index in [0.29, 0.717) is 22.1 Å². The van der Waals surface area contributed by atoms with E-state index in [2.05, 4.69) is 16.8 Å². The summed E-state index contributed by atoms with van der Waals surface area (Å²) in [6, 6.07) is 24.0. The van der Waals surface area contributed by atoms with Crippen LogP contribution in [0.1, 0.15) is 30.9 Å². The van der Waals surface area contributed by atoms with Gasteiger partial charge in [-0.3, -0.25) is 4.79 Å². The minimum absolute atomic E-state index is 0.142. The van der Waals surface area contributed by atoms with Gasteiger partial charge in [0.25, 0.3) is 5.91 Å². The Morgan fingerprint density at radius 1 is 1.00 bits per heavy atom. The molecular formula is C32H29FN4O2S. The number of aromatic nitrogens is 2. The molecule has 1 amide bonds. The van der Waals surface area contributed by atoms with Gasteiger partial charge in [0, 0.05) is 36.0 Å². The number of para-hydroxylation sites is 1. The molecule has 2 aliphatic rings. The standard InChI is InChI=1S/C32H29FN4O2S/c1-22-15-17-36(18-16-22)32-34-31(38)29(40-32)19-25-20-37(26-8-3-2-4-9-26)35-30(25)23-11-13-27(14-12-23)39-21-24-7-5-6-10-28(24)33/h2-14,19-20,22H,15-18,21H2,1H3. The molecule has 0 atom stereocenters. The van der Waals surface area contributed by atoms with E-state index in [-0.39, 0.29) is 18.3 Å². The molecule has 40 heavy (non-hydrogen) atoms. The number of hydrogen-bond acceptors (Lipinski definition) is 5.